The molecule has 1 unspecified atom stereocenters. The molecule has 3 nitrogen and oxygen atoms in total. The van der Waals surface area contributed by atoms with Crippen molar-refractivity contribution in [2.45, 2.75) is 19.8 Å². The Morgan fingerprint density at radius 2 is 2.06 bits per heavy atom. The first-order chi connectivity index (χ1) is 8.72. The maximum Gasteiger partial charge on any atom is 0.279 e. The van der Waals surface area contributed by atoms with E-state index >= 15 is 0 Å². The molecular weight excluding hydrogens is 246 g/mol. The van der Waals surface area contributed by atoms with Crippen molar-refractivity contribution in [3.8, 4) is 0 Å². The van der Waals surface area contributed by atoms with Crippen LogP contribution >= 0.6 is 11.3 Å². The average molecular weight is 259 g/mol. The van der Waals surface area contributed by atoms with Gasteiger partial charge in [-0.3, -0.25) is 4.79 Å². The number of benzene rings is 1. The summed E-state index contributed by atoms with van der Waals surface area (Å²) in [4.78, 5) is 17.6. The van der Waals surface area contributed by atoms with Gasteiger partial charge in [0.25, 0.3) is 4.87 Å². The fourth-order valence-electron chi connectivity index (χ4n) is 2.12. The van der Waals surface area contributed by atoms with E-state index in [2.05, 4.69) is 11.9 Å². The molecule has 1 aromatic carbocycles. The molecule has 0 amide bonds. The fraction of sp³-hybridized carbons (Fsp3) is 0.286. The lowest BCUT2D eigenvalue weighted by atomic mass is 9.92. The summed E-state index contributed by atoms with van der Waals surface area (Å²) in [6, 6.07) is 9.64. The van der Waals surface area contributed by atoms with Gasteiger partial charge in [-0.2, -0.15) is 0 Å². The Bertz CT molecular complexity index is 639. The van der Waals surface area contributed by atoms with Gasteiger partial charge in [0.05, 0.1) is 5.69 Å². The summed E-state index contributed by atoms with van der Waals surface area (Å²) in [7, 11) is 0. The predicted molar refractivity (Wildman–Crippen MR) is 70.1 cm³/mol. The highest BCUT2D eigenvalue weighted by atomic mass is 32.1. The largest absolute Gasteiger partial charge is 0.434 e. The van der Waals surface area contributed by atoms with E-state index in [-0.39, 0.29) is 5.78 Å². The topological polar surface area (TPSA) is 42.6 Å². The summed E-state index contributed by atoms with van der Waals surface area (Å²) in [6.07, 6.45) is 1.45. The van der Waals surface area contributed by atoms with Crippen LogP contribution in [0.2, 0.25) is 0 Å². The van der Waals surface area contributed by atoms with Gasteiger partial charge in [0, 0.05) is 12.8 Å². The molecule has 1 aliphatic rings. The minimum absolute atomic E-state index is 0.187. The van der Waals surface area contributed by atoms with Gasteiger partial charge in [0.2, 0.25) is 0 Å². The van der Waals surface area contributed by atoms with Gasteiger partial charge in [-0.15, -0.1) is 0 Å². The standard InChI is InChI=1S/C14H13NO2S/c1-9-7-11(16)13-12(8-9)17-14(18-13)15-10-5-3-2-4-6-10/h2-6,9H,7-8H2,1H3. The van der Waals surface area contributed by atoms with Crippen LogP contribution in [0, 0.1) is 5.92 Å². The number of hydrogen-bond acceptors (Lipinski definition) is 4. The van der Waals surface area contributed by atoms with E-state index in [1.807, 2.05) is 30.3 Å². The highest BCUT2D eigenvalue weighted by molar-refractivity contribution is 7.11. The van der Waals surface area contributed by atoms with Crippen LogP contribution in [-0.4, -0.2) is 5.78 Å². The Balaban J connectivity index is 2.04. The maximum absolute atomic E-state index is 11.9. The summed E-state index contributed by atoms with van der Waals surface area (Å²) in [5, 5.41) is 0. The van der Waals surface area contributed by atoms with Crippen LogP contribution < -0.4 is 4.87 Å². The molecule has 0 bridgehead atoms. The van der Waals surface area contributed by atoms with Crippen LogP contribution in [0.5, 0.6) is 0 Å². The van der Waals surface area contributed by atoms with E-state index in [4.69, 9.17) is 4.42 Å². The smallest absolute Gasteiger partial charge is 0.279 e. The Morgan fingerprint density at radius 3 is 2.83 bits per heavy atom. The number of carbonyl (C=O) groups is 1. The Labute approximate surface area is 109 Å². The van der Waals surface area contributed by atoms with E-state index in [1.165, 1.54) is 11.3 Å². The number of rotatable bonds is 1. The van der Waals surface area contributed by atoms with Crippen molar-refractivity contribution in [1.82, 2.24) is 0 Å². The highest BCUT2D eigenvalue weighted by Crippen LogP contribution is 2.27. The van der Waals surface area contributed by atoms with E-state index in [1.54, 1.807) is 0 Å². The Hall–Kier alpha value is -1.68. The van der Waals surface area contributed by atoms with E-state index < -0.39 is 0 Å². The SMILES string of the molecule is CC1CC(=O)c2sc(=Nc3ccccc3)oc2C1. The third-order valence-electron chi connectivity index (χ3n) is 2.95. The molecule has 92 valence electrons. The van der Waals surface area contributed by atoms with Gasteiger partial charge >= 0.3 is 0 Å². The molecule has 0 aliphatic heterocycles. The molecule has 3 rings (SSSR count). The van der Waals surface area contributed by atoms with Gasteiger partial charge < -0.3 is 4.42 Å². The molecule has 0 N–H and O–H groups in total. The van der Waals surface area contributed by atoms with Crippen molar-refractivity contribution >= 4 is 22.8 Å². The first kappa shape index (κ1) is 11.4. The first-order valence-corrected chi connectivity index (χ1v) is 6.80. The average Bonchev–Trinajstić information content (AvgIpc) is 2.73. The van der Waals surface area contributed by atoms with Crippen LogP contribution in [0.1, 0.15) is 28.8 Å². The zero-order valence-corrected chi connectivity index (χ0v) is 10.9. The number of nitrogens with zero attached hydrogens (tertiary/aromatic N) is 1. The van der Waals surface area contributed by atoms with Crippen LogP contribution in [-0.2, 0) is 6.42 Å². The van der Waals surface area contributed by atoms with Gasteiger partial charge in [-0.05, 0) is 18.1 Å². The van der Waals surface area contributed by atoms with E-state index in [0.29, 0.717) is 17.2 Å². The number of para-hydroxylation sites is 1. The van der Waals surface area contributed by atoms with Crippen molar-refractivity contribution < 1.29 is 9.21 Å². The number of hydrogen-bond donors (Lipinski definition) is 0. The summed E-state index contributed by atoms with van der Waals surface area (Å²) in [5.74, 6) is 1.36. The van der Waals surface area contributed by atoms with Gasteiger partial charge in [0.15, 0.2) is 5.78 Å². The van der Waals surface area contributed by atoms with Gasteiger partial charge in [-0.25, -0.2) is 4.99 Å². The second-order valence-corrected chi connectivity index (χ2v) is 5.57. The molecular formula is C14H13NO2S. The van der Waals surface area contributed by atoms with E-state index in [9.17, 15) is 4.79 Å². The number of ketones is 1. The number of fused-ring (bicyclic) bond motifs is 1. The minimum Gasteiger partial charge on any atom is -0.434 e. The lowest BCUT2D eigenvalue weighted by molar-refractivity contribution is 0.0952. The molecule has 1 atom stereocenters. The molecule has 18 heavy (non-hydrogen) atoms. The lowest BCUT2D eigenvalue weighted by Gasteiger charge is -2.13. The Kier molecular flexibility index (Phi) is 2.88. The maximum atomic E-state index is 11.9. The van der Waals surface area contributed by atoms with Gasteiger partial charge in [0.1, 0.15) is 10.6 Å². The van der Waals surface area contributed by atoms with Crippen molar-refractivity contribution in [1.29, 1.82) is 0 Å². The third-order valence-corrected chi connectivity index (χ3v) is 3.96. The molecule has 2 aromatic rings. The third kappa shape index (κ3) is 2.16. The van der Waals surface area contributed by atoms with Crippen molar-refractivity contribution in [2.75, 3.05) is 0 Å². The Morgan fingerprint density at radius 1 is 1.28 bits per heavy atom. The number of Topliss-reactive ketones (excluding diaryl/α,β-unsaturated/α-hetero) is 1. The predicted octanol–water partition coefficient (Wildman–Crippen LogP) is 3.34. The van der Waals surface area contributed by atoms with Crippen molar-refractivity contribution in [3.05, 3.63) is 45.8 Å². The normalized spacial score (nSPS) is 19.9. The quantitative estimate of drug-likeness (QED) is 0.788. The zero-order valence-electron chi connectivity index (χ0n) is 10.1. The fourth-order valence-corrected chi connectivity index (χ4v) is 3.02. The summed E-state index contributed by atoms with van der Waals surface area (Å²) >= 11 is 1.36. The molecule has 0 radical (unpaired) electrons. The monoisotopic (exact) mass is 259 g/mol. The van der Waals surface area contributed by atoms with Crippen LogP contribution in [0.15, 0.2) is 39.7 Å². The molecule has 1 aromatic heterocycles. The number of carbonyl (C=O) groups excluding carboxylic acids is 1. The second kappa shape index (κ2) is 4.53. The molecule has 0 saturated carbocycles. The summed E-state index contributed by atoms with van der Waals surface area (Å²) in [6.45, 7) is 2.07. The molecule has 0 spiro atoms. The minimum atomic E-state index is 0.187. The second-order valence-electron chi connectivity index (χ2n) is 4.61. The van der Waals surface area contributed by atoms with Crippen LogP contribution in [0.4, 0.5) is 5.69 Å². The zero-order chi connectivity index (χ0) is 12.5. The van der Waals surface area contributed by atoms with Crippen LogP contribution in [0.3, 0.4) is 0 Å². The van der Waals surface area contributed by atoms with Crippen LogP contribution in [0.25, 0.3) is 0 Å². The van der Waals surface area contributed by atoms with Crippen molar-refractivity contribution in [3.63, 3.8) is 0 Å². The molecule has 0 fully saturated rings. The lowest BCUT2D eigenvalue weighted by Crippen LogP contribution is -2.15. The molecule has 0 saturated heterocycles. The highest BCUT2D eigenvalue weighted by Gasteiger charge is 2.26. The molecule has 4 heteroatoms. The molecule has 1 heterocycles. The summed E-state index contributed by atoms with van der Waals surface area (Å²) < 4.78 is 5.68. The van der Waals surface area contributed by atoms with E-state index in [0.717, 1.165) is 22.7 Å². The molecule has 1 aliphatic carbocycles. The first-order valence-electron chi connectivity index (χ1n) is 5.98. The van der Waals surface area contributed by atoms with Crippen molar-refractivity contribution in [2.24, 2.45) is 10.9 Å². The van der Waals surface area contributed by atoms with Gasteiger partial charge in [-0.1, -0.05) is 36.5 Å². The summed E-state index contributed by atoms with van der Waals surface area (Å²) in [5.41, 5.74) is 0.848.